The molecule has 3 unspecified atom stereocenters. The molecule has 0 amide bonds. The molecule has 2 rings (SSSR count). The van der Waals surface area contributed by atoms with Gasteiger partial charge in [-0.25, -0.2) is 4.39 Å². The Morgan fingerprint density at radius 1 is 1.30 bits per heavy atom. The molecule has 1 aromatic carbocycles. The number of benzene rings is 1. The maximum Gasteiger partial charge on any atom is 0.123 e. The molecular formula is C18H28FN. The average molecular weight is 277 g/mol. The van der Waals surface area contributed by atoms with Gasteiger partial charge in [0.05, 0.1) is 0 Å². The van der Waals surface area contributed by atoms with E-state index in [-0.39, 0.29) is 5.82 Å². The first-order valence-electron chi connectivity index (χ1n) is 8.12. The van der Waals surface area contributed by atoms with E-state index in [9.17, 15) is 4.39 Å². The summed E-state index contributed by atoms with van der Waals surface area (Å²) in [6, 6.07) is 5.67. The first-order chi connectivity index (χ1) is 9.63. The Morgan fingerprint density at radius 2 is 2.10 bits per heavy atom. The second kappa shape index (κ2) is 7.21. The van der Waals surface area contributed by atoms with E-state index in [1.54, 1.807) is 12.1 Å². The van der Waals surface area contributed by atoms with Gasteiger partial charge in [-0.2, -0.15) is 0 Å². The lowest BCUT2D eigenvalue weighted by molar-refractivity contribution is 0.348. The summed E-state index contributed by atoms with van der Waals surface area (Å²) in [7, 11) is 0. The van der Waals surface area contributed by atoms with Crippen molar-refractivity contribution in [2.75, 3.05) is 6.54 Å². The molecule has 1 saturated carbocycles. The van der Waals surface area contributed by atoms with Gasteiger partial charge in [-0.1, -0.05) is 32.8 Å². The topological polar surface area (TPSA) is 12.0 Å². The third kappa shape index (κ3) is 3.82. The first kappa shape index (κ1) is 15.5. The van der Waals surface area contributed by atoms with Crippen molar-refractivity contribution in [3.05, 3.63) is 35.1 Å². The number of rotatable bonds is 6. The van der Waals surface area contributed by atoms with Crippen molar-refractivity contribution in [1.82, 2.24) is 5.32 Å². The molecule has 1 N–H and O–H groups in total. The molecule has 0 heterocycles. The Morgan fingerprint density at radius 3 is 2.75 bits per heavy atom. The van der Waals surface area contributed by atoms with E-state index >= 15 is 0 Å². The molecule has 0 saturated heterocycles. The molecule has 0 aliphatic heterocycles. The van der Waals surface area contributed by atoms with E-state index in [4.69, 9.17) is 0 Å². The second-order valence-corrected chi connectivity index (χ2v) is 6.29. The molecule has 2 heteroatoms. The fourth-order valence-corrected chi connectivity index (χ4v) is 3.61. The first-order valence-corrected chi connectivity index (χ1v) is 8.12. The SMILES string of the molecule is CCNC(Cc1cc(F)ccc1C)C1CCC(CC)C1. The summed E-state index contributed by atoms with van der Waals surface area (Å²) >= 11 is 0. The number of hydrogen-bond donors (Lipinski definition) is 1. The van der Waals surface area contributed by atoms with Gasteiger partial charge in [0.15, 0.2) is 0 Å². The molecule has 1 aromatic rings. The molecule has 1 aliphatic carbocycles. The van der Waals surface area contributed by atoms with Crippen LogP contribution in [0, 0.1) is 24.6 Å². The Bertz CT molecular complexity index is 429. The molecule has 20 heavy (non-hydrogen) atoms. The second-order valence-electron chi connectivity index (χ2n) is 6.29. The van der Waals surface area contributed by atoms with Crippen LogP contribution in [0.5, 0.6) is 0 Å². The fourth-order valence-electron chi connectivity index (χ4n) is 3.61. The molecular weight excluding hydrogens is 249 g/mol. The molecule has 1 aliphatic rings. The number of nitrogens with one attached hydrogen (secondary N) is 1. The van der Waals surface area contributed by atoms with Crippen molar-refractivity contribution in [3.8, 4) is 0 Å². The van der Waals surface area contributed by atoms with E-state index in [0.717, 1.165) is 30.4 Å². The average Bonchev–Trinajstić information content (AvgIpc) is 2.91. The summed E-state index contributed by atoms with van der Waals surface area (Å²) < 4.78 is 13.5. The van der Waals surface area contributed by atoms with Crippen molar-refractivity contribution in [2.45, 2.75) is 58.9 Å². The monoisotopic (exact) mass is 277 g/mol. The Hall–Kier alpha value is -0.890. The highest BCUT2D eigenvalue weighted by Crippen LogP contribution is 2.36. The molecule has 1 fully saturated rings. The van der Waals surface area contributed by atoms with Crippen LogP contribution in [-0.2, 0) is 6.42 Å². The van der Waals surface area contributed by atoms with Crippen molar-refractivity contribution in [2.24, 2.45) is 11.8 Å². The van der Waals surface area contributed by atoms with Crippen LogP contribution in [0.2, 0.25) is 0 Å². The van der Waals surface area contributed by atoms with Crippen LogP contribution in [0.1, 0.15) is 50.7 Å². The largest absolute Gasteiger partial charge is 0.314 e. The highest BCUT2D eigenvalue weighted by Gasteiger charge is 2.29. The van der Waals surface area contributed by atoms with Crippen LogP contribution in [0.4, 0.5) is 4.39 Å². The van der Waals surface area contributed by atoms with E-state index in [1.807, 2.05) is 6.07 Å². The maximum atomic E-state index is 13.5. The van der Waals surface area contributed by atoms with Crippen LogP contribution in [0.3, 0.4) is 0 Å². The Balaban J connectivity index is 2.07. The van der Waals surface area contributed by atoms with Gasteiger partial charge in [0.2, 0.25) is 0 Å². The van der Waals surface area contributed by atoms with Gasteiger partial charge in [-0.3, -0.25) is 0 Å². The van der Waals surface area contributed by atoms with Gasteiger partial charge < -0.3 is 5.32 Å². The summed E-state index contributed by atoms with van der Waals surface area (Å²) in [5, 5.41) is 3.64. The number of halogens is 1. The quantitative estimate of drug-likeness (QED) is 0.808. The van der Waals surface area contributed by atoms with E-state index < -0.39 is 0 Å². The number of hydrogen-bond acceptors (Lipinski definition) is 1. The molecule has 1 nitrogen and oxygen atoms in total. The maximum absolute atomic E-state index is 13.5. The van der Waals surface area contributed by atoms with E-state index in [0.29, 0.717) is 6.04 Å². The van der Waals surface area contributed by atoms with Crippen LogP contribution in [0.25, 0.3) is 0 Å². The normalized spacial score (nSPS) is 24.0. The van der Waals surface area contributed by atoms with Gasteiger partial charge >= 0.3 is 0 Å². The van der Waals surface area contributed by atoms with Gasteiger partial charge in [-0.05, 0) is 67.8 Å². The van der Waals surface area contributed by atoms with Gasteiger partial charge in [-0.15, -0.1) is 0 Å². The van der Waals surface area contributed by atoms with Gasteiger partial charge in [0.25, 0.3) is 0 Å². The number of aryl methyl sites for hydroxylation is 1. The molecule has 0 bridgehead atoms. The van der Waals surface area contributed by atoms with Crippen LogP contribution in [0.15, 0.2) is 18.2 Å². The zero-order valence-electron chi connectivity index (χ0n) is 13.1. The van der Waals surface area contributed by atoms with Crippen LogP contribution >= 0.6 is 0 Å². The minimum atomic E-state index is -0.112. The van der Waals surface area contributed by atoms with E-state index in [1.165, 1.54) is 31.2 Å². The van der Waals surface area contributed by atoms with Crippen molar-refractivity contribution in [1.29, 1.82) is 0 Å². The standard InChI is InChI=1S/C18H28FN/c1-4-14-7-8-15(10-14)18(20-5-2)12-16-11-17(19)9-6-13(16)3/h6,9,11,14-15,18,20H,4-5,7-8,10,12H2,1-3H3. The predicted octanol–water partition coefficient (Wildman–Crippen LogP) is 4.48. The van der Waals surface area contributed by atoms with E-state index in [2.05, 4.69) is 26.1 Å². The van der Waals surface area contributed by atoms with Crippen LogP contribution < -0.4 is 5.32 Å². The highest BCUT2D eigenvalue weighted by molar-refractivity contribution is 5.27. The van der Waals surface area contributed by atoms with Crippen molar-refractivity contribution < 1.29 is 4.39 Å². The summed E-state index contributed by atoms with van der Waals surface area (Å²) in [6.45, 7) is 7.54. The predicted molar refractivity (Wildman–Crippen MR) is 83.4 cm³/mol. The molecule has 0 spiro atoms. The lowest BCUT2D eigenvalue weighted by atomic mass is 9.89. The number of likely N-dealkylation sites (N-methyl/N-ethyl adjacent to an activating group) is 1. The molecule has 112 valence electrons. The minimum absolute atomic E-state index is 0.112. The summed E-state index contributed by atoms with van der Waals surface area (Å²) in [4.78, 5) is 0. The lowest BCUT2D eigenvalue weighted by Gasteiger charge is -2.25. The third-order valence-electron chi connectivity index (χ3n) is 4.95. The minimum Gasteiger partial charge on any atom is -0.314 e. The van der Waals surface area contributed by atoms with Crippen molar-refractivity contribution >= 4 is 0 Å². The van der Waals surface area contributed by atoms with Crippen molar-refractivity contribution in [3.63, 3.8) is 0 Å². The summed E-state index contributed by atoms with van der Waals surface area (Å²) in [5.41, 5.74) is 2.37. The highest BCUT2D eigenvalue weighted by atomic mass is 19.1. The fraction of sp³-hybridized carbons (Fsp3) is 0.667. The lowest BCUT2D eigenvalue weighted by Crippen LogP contribution is -2.37. The van der Waals surface area contributed by atoms with Crippen LogP contribution in [-0.4, -0.2) is 12.6 Å². The summed E-state index contributed by atoms with van der Waals surface area (Å²) in [5.74, 6) is 1.54. The Labute approximate surface area is 123 Å². The van der Waals surface area contributed by atoms with Gasteiger partial charge in [0.1, 0.15) is 5.82 Å². The molecule has 0 aromatic heterocycles. The smallest absolute Gasteiger partial charge is 0.123 e. The summed E-state index contributed by atoms with van der Waals surface area (Å²) in [6.07, 6.45) is 6.28. The zero-order valence-corrected chi connectivity index (χ0v) is 13.1. The molecule has 3 atom stereocenters. The van der Waals surface area contributed by atoms with Gasteiger partial charge in [0, 0.05) is 6.04 Å². The Kier molecular flexibility index (Phi) is 5.59. The third-order valence-corrected chi connectivity index (χ3v) is 4.95. The molecule has 0 radical (unpaired) electrons. The zero-order chi connectivity index (χ0) is 14.5.